The van der Waals surface area contributed by atoms with Crippen molar-refractivity contribution >= 4 is 23.2 Å². The zero-order chi connectivity index (χ0) is 17.9. The lowest BCUT2D eigenvalue weighted by Crippen LogP contribution is -2.34. The van der Waals surface area contributed by atoms with Gasteiger partial charge in [0.15, 0.2) is 11.5 Å². The monoisotopic (exact) mass is 368 g/mol. The maximum atomic E-state index is 12.6. The lowest BCUT2D eigenvalue weighted by Gasteiger charge is -2.16. The second-order valence-electron chi connectivity index (χ2n) is 6.81. The number of aromatic nitrogens is 3. The van der Waals surface area contributed by atoms with Crippen LogP contribution in [0.3, 0.4) is 0 Å². The first-order valence-electron chi connectivity index (χ1n) is 9.13. The number of halogens is 1. The standard InChI is InChI=1S/C20H21ClN4O/c21-17-10-6-5-9-16(17)19-24-23-18-13-14(11-12-25(18)19)20(26)22-15-7-3-1-2-4-8-15/h5-6,9-13,15H,1-4,7-8H2,(H,22,26). The van der Waals surface area contributed by atoms with E-state index in [4.69, 9.17) is 11.6 Å². The first-order chi connectivity index (χ1) is 12.7. The van der Waals surface area contributed by atoms with Gasteiger partial charge in [0.1, 0.15) is 0 Å². The molecule has 0 radical (unpaired) electrons. The Hall–Kier alpha value is -2.40. The van der Waals surface area contributed by atoms with E-state index in [-0.39, 0.29) is 11.9 Å². The number of rotatable bonds is 3. The first kappa shape index (κ1) is 17.0. The lowest BCUT2D eigenvalue weighted by molar-refractivity contribution is 0.0933. The van der Waals surface area contributed by atoms with Crippen molar-refractivity contribution in [3.63, 3.8) is 0 Å². The van der Waals surface area contributed by atoms with Crippen molar-refractivity contribution in [2.24, 2.45) is 0 Å². The molecule has 6 heteroatoms. The average Bonchev–Trinajstić information content (AvgIpc) is 2.90. The summed E-state index contributed by atoms with van der Waals surface area (Å²) in [6.45, 7) is 0. The van der Waals surface area contributed by atoms with Gasteiger partial charge in [0.05, 0.1) is 5.02 Å². The van der Waals surface area contributed by atoms with Gasteiger partial charge in [-0.05, 0) is 37.1 Å². The van der Waals surface area contributed by atoms with Crippen LogP contribution in [0, 0.1) is 0 Å². The number of pyridine rings is 1. The van der Waals surface area contributed by atoms with Crippen molar-refractivity contribution in [2.75, 3.05) is 0 Å². The molecular formula is C20H21ClN4O. The summed E-state index contributed by atoms with van der Waals surface area (Å²) in [6, 6.07) is 11.4. The SMILES string of the molecule is O=C(NC1CCCCCC1)c1ccn2c(-c3ccccc3Cl)nnc2c1. The molecule has 1 saturated carbocycles. The van der Waals surface area contributed by atoms with E-state index in [0.29, 0.717) is 22.1 Å². The first-order valence-corrected chi connectivity index (χ1v) is 9.51. The third-order valence-electron chi connectivity index (χ3n) is 4.98. The van der Waals surface area contributed by atoms with Crippen molar-refractivity contribution in [1.82, 2.24) is 19.9 Å². The molecule has 0 bridgehead atoms. The van der Waals surface area contributed by atoms with E-state index < -0.39 is 0 Å². The second-order valence-corrected chi connectivity index (χ2v) is 7.22. The largest absolute Gasteiger partial charge is 0.349 e. The quantitative estimate of drug-likeness (QED) is 0.692. The minimum absolute atomic E-state index is 0.0401. The summed E-state index contributed by atoms with van der Waals surface area (Å²) in [5.74, 6) is 0.628. The molecule has 0 unspecified atom stereocenters. The minimum Gasteiger partial charge on any atom is -0.349 e. The van der Waals surface area contributed by atoms with Gasteiger partial charge in [-0.15, -0.1) is 10.2 Å². The molecule has 1 fully saturated rings. The van der Waals surface area contributed by atoms with Gasteiger partial charge >= 0.3 is 0 Å². The Morgan fingerprint density at radius 2 is 1.85 bits per heavy atom. The Morgan fingerprint density at radius 3 is 2.62 bits per heavy atom. The van der Waals surface area contributed by atoms with Crippen LogP contribution in [-0.4, -0.2) is 26.5 Å². The van der Waals surface area contributed by atoms with Crippen LogP contribution in [-0.2, 0) is 0 Å². The van der Waals surface area contributed by atoms with E-state index in [2.05, 4.69) is 15.5 Å². The molecule has 1 aliphatic rings. The molecule has 26 heavy (non-hydrogen) atoms. The van der Waals surface area contributed by atoms with Gasteiger partial charge in [-0.3, -0.25) is 9.20 Å². The average molecular weight is 369 g/mol. The maximum absolute atomic E-state index is 12.6. The number of carbonyl (C=O) groups excluding carboxylic acids is 1. The molecule has 0 saturated heterocycles. The van der Waals surface area contributed by atoms with E-state index in [1.54, 1.807) is 6.07 Å². The highest BCUT2D eigenvalue weighted by atomic mass is 35.5. The van der Waals surface area contributed by atoms with Gasteiger partial charge in [0.25, 0.3) is 5.91 Å². The normalized spacial score (nSPS) is 15.7. The molecule has 5 nitrogen and oxygen atoms in total. The fourth-order valence-electron chi connectivity index (χ4n) is 3.55. The fourth-order valence-corrected chi connectivity index (χ4v) is 3.77. The molecule has 1 aromatic carbocycles. The summed E-state index contributed by atoms with van der Waals surface area (Å²) in [7, 11) is 0. The summed E-state index contributed by atoms with van der Waals surface area (Å²) in [6.07, 6.45) is 8.87. The molecular weight excluding hydrogens is 348 g/mol. The Labute approximate surface area is 157 Å². The van der Waals surface area contributed by atoms with E-state index >= 15 is 0 Å². The highest BCUT2D eigenvalue weighted by molar-refractivity contribution is 6.33. The van der Waals surface area contributed by atoms with Crippen molar-refractivity contribution in [1.29, 1.82) is 0 Å². The predicted molar refractivity (Wildman–Crippen MR) is 102 cm³/mol. The minimum atomic E-state index is -0.0401. The van der Waals surface area contributed by atoms with Crippen LogP contribution >= 0.6 is 11.6 Å². The topological polar surface area (TPSA) is 59.3 Å². The molecule has 134 valence electrons. The van der Waals surface area contributed by atoms with Gasteiger partial charge in [-0.1, -0.05) is 49.4 Å². The Kier molecular flexibility index (Phi) is 4.89. The van der Waals surface area contributed by atoms with Crippen LogP contribution in [0.15, 0.2) is 42.6 Å². The highest BCUT2D eigenvalue weighted by Crippen LogP contribution is 2.26. The number of hydrogen-bond donors (Lipinski definition) is 1. The Bertz CT molecular complexity index is 928. The van der Waals surface area contributed by atoms with Crippen LogP contribution in [0.4, 0.5) is 0 Å². The van der Waals surface area contributed by atoms with Crippen LogP contribution in [0.5, 0.6) is 0 Å². The summed E-state index contributed by atoms with van der Waals surface area (Å²) >= 11 is 6.27. The zero-order valence-corrected chi connectivity index (χ0v) is 15.2. The second kappa shape index (κ2) is 7.46. The lowest BCUT2D eigenvalue weighted by atomic mass is 10.1. The summed E-state index contributed by atoms with van der Waals surface area (Å²) in [5, 5.41) is 12.3. The van der Waals surface area contributed by atoms with Gasteiger partial charge in [-0.25, -0.2) is 0 Å². The summed E-state index contributed by atoms with van der Waals surface area (Å²) in [5.41, 5.74) is 2.06. The van der Waals surface area contributed by atoms with Crippen molar-refractivity contribution < 1.29 is 4.79 Å². The molecule has 0 spiro atoms. The molecule has 1 amide bonds. The summed E-state index contributed by atoms with van der Waals surface area (Å²) in [4.78, 5) is 12.6. The Morgan fingerprint density at radius 1 is 1.08 bits per heavy atom. The number of benzene rings is 1. The number of hydrogen-bond acceptors (Lipinski definition) is 3. The number of nitrogens with one attached hydrogen (secondary N) is 1. The smallest absolute Gasteiger partial charge is 0.251 e. The van der Waals surface area contributed by atoms with Crippen LogP contribution < -0.4 is 5.32 Å². The van der Waals surface area contributed by atoms with Crippen molar-refractivity contribution in [3.8, 4) is 11.4 Å². The van der Waals surface area contributed by atoms with Crippen LogP contribution in [0.2, 0.25) is 5.02 Å². The van der Waals surface area contributed by atoms with Gasteiger partial charge < -0.3 is 5.32 Å². The Balaban J connectivity index is 1.58. The summed E-state index contributed by atoms with van der Waals surface area (Å²) < 4.78 is 1.85. The zero-order valence-electron chi connectivity index (χ0n) is 14.5. The van der Waals surface area contributed by atoms with Crippen molar-refractivity contribution in [3.05, 3.63) is 53.2 Å². The van der Waals surface area contributed by atoms with Crippen molar-refractivity contribution in [2.45, 2.75) is 44.6 Å². The van der Waals surface area contributed by atoms with E-state index in [0.717, 1.165) is 18.4 Å². The van der Waals surface area contributed by atoms with E-state index in [1.807, 2.05) is 40.9 Å². The number of amides is 1. The number of nitrogens with zero attached hydrogens (tertiary/aromatic N) is 3. The molecule has 4 rings (SSSR count). The maximum Gasteiger partial charge on any atom is 0.251 e. The number of carbonyl (C=O) groups is 1. The molecule has 0 aliphatic heterocycles. The predicted octanol–water partition coefficient (Wildman–Crippen LogP) is 4.50. The molecule has 1 aliphatic carbocycles. The molecule has 2 heterocycles. The number of fused-ring (bicyclic) bond motifs is 1. The third kappa shape index (κ3) is 3.44. The molecule has 3 aromatic rings. The van der Waals surface area contributed by atoms with E-state index in [1.165, 1.54) is 25.7 Å². The molecule has 2 aromatic heterocycles. The highest BCUT2D eigenvalue weighted by Gasteiger charge is 2.17. The third-order valence-corrected chi connectivity index (χ3v) is 5.31. The fraction of sp³-hybridized carbons (Fsp3) is 0.350. The molecule has 1 N–H and O–H groups in total. The van der Waals surface area contributed by atoms with Crippen LogP contribution in [0.1, 0.15) is 48.9 Å². The van der Waals surface area contributed by atoms with Crippen LogP contribution in [0.25, 0.3) is 17.0 Å². The van der Waals surface area contributed by atoms with Gasteiger partial charge in [0, 0.05) is 23.4 Å². The van der Waals surface area contributed by atoms with Gasteiger partial charge in [0.2, 0.25) is 0 Å². The van der Waals surface area contributed by atoms with Gasteiger partial charge in [-0.2, -0.15) is 0 Å². The molecule has 0 atom stereocenters. The van der Waals surface area contributed by atoms with E-state index in [9.17, 15) is 4.79 Å².